The van der Waals surface area contributed by atoms with Crippen LogP contribution in [0.5, 0.6) is 17.2 Å². The molecule has 1 fully saturated rings. The van der Waals surface area contributed by atoms with Gasteiger partial charge in [0, 0.05) is 38.8 Å². The van der Waals surface area contributed by atoms with Crippen LogP contribution >= 0.6 is 0 Å². The Morgan fingerprint density at radius 3 is 2.32 bits per heavy atom. The lowest BCUT2D eigenvalue weighted by Crippen LogP contribution is -2.46. The van der Waals surface area contributed by atoms with E-state index in [2.05, 4.69) is 24.9 Å². The quantitative estimate of drug-likeness (QED) is 0.436. The van der Waals surface area contributed by atoms with E-state index < -0.39 is 0 Å². The number of nitrogen functional groups attached to an aromatic ring is 1. The molecule has 0 radical (unpaired) electrons. The minimum Gasteiger partial charge on any atom is -0.493 e. The molecule has 0 amide bonds. The van der Waals surface area contributed by atoms with Crippen molar-refractivity contribution in [3.8, 4) is 28.8 Å². The molecule has 11 heteroatoms. The molecule has 1 saturated heterocycles. The Bertz CT molecular complexity index is 1260. The maximum Gasteiger partial charge on any atom is 0.225 e. The predicted molar refractivity (Wildman–Crippen MR) is 126 cm³/mol. The molecule has 0 unspecified atom stereocenters. The van der Waals surface area contributed by atoms with E-state index in [1.54, 1.807) is 33.7 Å². The number of aromatic nitrogens is 4. The zero-order chi connectivity index (χ0) is 23.7. The summed E-state index contributed by atoms with van der Waals surface area (Å²) in [6.07, 6.45) is 1.59. The molecule has 0 atom stereocenters. The molecule has 2 N–H and O–H groups in total. The van der Waals surface area contributed by atoms with Gasteiger partial charge >= 0.3 is 0 Å². The van der Waals surface area contributed by atoms with Crippen LogP contribution in [0.4, 0.5) is 11.8 Å². The normalized spacial score (nSPS) is 14.5. The third-order valence-electron chi connectivity index (χ3n) is 5.91. The van der Waals surface area contributed by atoms with E-state index >= 15 is 0 Å². The Labute approximate surface area is 196 Å². The minimum atomic E-state index is 0.289. The average molecular weight is 466 g/mol. The number of fused-ring (bicyclic) bond motifs is 1. The second-order valence-corrected chi connectivity index (χ2v) is 7.95. The number of ether oxygens (including phenoxy) is 3. The van der Waals surface area contributed by atoms with Crippen LogP contribution in [0.25, 0.3) is 17.2 Å². The van der Waals surface area contributed by atoms with Gasteiger partial charge in [0.2, 0.25) is 17.5 Å². The topological polar surface area (TPSA) is 116 Å². The molecular formula is C23H27N7O4. The third-order valence-corrected chi connectivity index (χ3v) is 5.91. The fourth-order valence-corrected chi connectivity index (χ4v) is 4.19. The molecule has 1 aromatic carbocycles. The molecule has 4 heterocycles. The van der Waals surface area contributed by atoms with Crippen LogP contribution in [0.15, 0.2) is 41.0 Å². The lowest BCUT2D eigenvalue weighted by molar-refractivity contribution is 0.248. The number of piperazine rings is 1. The van der Waals surface area contributed by atoms with Crippen LogP contribution in [0.3, 0.4) is 0 Å². The van der Waals surface area contributed by atoms with Crippen molar-refractivity contribution < 1.29 is 18.6 Å². The van der Waals surface area contributed by atoms with Gasteiger partial charge in [0.25, 0.3) is 0 Å². The first-order valence-corrected chi connectivity index (χ1v) is 10.9. The summed E-state index contributed by atoms with van der Waals surface area (Å²) in [6.45, 7) is 4.13. The van der Waals surface area contributed by atoms with Gasteiger partial charge < -0.3 is 29.3 Å². The number of benzene rings is 1. The first-order valence-electron chi connectivity index (χ1n) is 10.9. The first kappa shape index (κ1) is 21.8. The number of hydrogen-bond acceptors (Lipinski definition) is 10. The summed E-state index contributed by atoms with van der Waals surface area (Å²) in [5.41, 5.74) is 7.92. The molecule has 178 valence electrons. The van der Waals surface area contributed by atoms with Crippen molar-refractivity contribution in [1.29, 1.82) is 0 Å². The number of nitrogens with zero attached hydrogens (tertiary/aromatic N) is 6. The van der Waals surface area contributed by atoms with E-state index in [4.69, 9.17) is 24.4 Å². The van der Waals surface area contributed by atoms with Crippen molar-refractivity contribution in [3.05, 3.63) is 42.2 Å². The van der Waals surface area contributed by atoms with Crippen molar-refractivity contribution in [2.75, 3.05) is 58.1 Å². The Morgan fingerprint density at radius 1 is 0.971 bits per heavy atom. The summed E-state index contributed by atoms with van der Waals surface area (Å²) in [4.78, 5) is 13.7. The fourth-order valence-electron chi connectivity index (χ4n) is 4.19. The lowest BCUT2D eigenvalue weighted by atomic mass is 10.1. The highest BCUT2D eigenvalue weighted by molar-refractivity contribution is 5.60. The molecule has 0 aliphatic carbocycles. The summed E-state index contributed by atoms with van der Waals surface area (Å²) in [5.74, 6) is 4.06. The molecule has 5 rings (SSSR count). The van der Waals surface area contributed by atoms with Crippen LogP contribution in [-0.2, 0) is 6.54 Å². The van der Waals surface area contributed by atoms with Crippen molar-refractivity contribution in [2.45, 2.75) is 6.54 Å². The van der Waals surface area contributed by atoms with E-state index in [-0.39, 0.29) is 5.95 Å². The molecule has 34 heavy (non-hydrogen) atoms. The molecule has 0 spiro atoms. The SMILES string of the molecule is COc1cc(CN2CCN(c3cc4nc(-c5ccco5)nn4c(N)n3)CC2)cc(OC)c1OC. The zero-order valence-corrected chi connectivity index (χ0v) is 19.4. The highest BCUT2D eigenvalue weighted by Gasteiger charge is 2.22. The van der Waals surface area contributed by atoms with Gasteiger partial charge in [-0.3, -0.25) is 4.90 Å². The summed E-state index contributed by atoms with van der Waals surface area (Å²) in [7, 11) is 4.86. The van der Waals surface area contributed by atoms with E-state index in [0.29, 0.717) is 34.5 Å². The smallest absolute Gasteiger partial charge is 0.225 e. The van der Waals surface area contributed by atoms with Crippen LogP contribution in [0.2, 0.25) is 0 Å². The van der Waals surface area contributed by atoms with E-state index in [1.165, 1.54) is 4.52 Å². The monoisotopic (exact) mass is 465 g/mol. The Hall–Kier alpha value is -3.99. The van der Waals surface area contributed by atoms with Gasteiger partial charge in [0.1, 0.15) is 5.82 Å². The number of furan rings is 1. The number of hydrogen-bond donors (Lipinski definition) is 1. The third kappa shape index (κ3) is 4.05. The van der Waals surface area contributed by atoms with Crippen LogP contribution in [0.1, 0.15) is 5.56 Å². The van der Waals surface area contributed by atoms with Gasteiger partial charge in [0.15, 0.2) is 22.9 Å². The van der Waals surface area contributed by atoms with Crippen molar-refractivity contribution in [3.63, 3.8) is 0 Å². The van der Waals surface area contributed by atoms with Crippen LogP contribution in [-0.4, -0.2) is 72.0 Å². The first-order chi connectivity index (χ1) is 16.6. The maximum atomic E-state index is 6.19. The zero-order valence-electron chi connectivity index (χ0n) is 19.4. The van der Waals surface area contributed by atoms with Gasteiger partial charge in [-0.2, -0.15) is 9.50 Å². The van der Waals surface area contributed by atoms with Crippen LogP contribution in [0, 0.1) is 0 Å². The molecule has 0 saturated carbocycles. The number of anilines is 2. The van der Waals surface area contributed by atoms with Gasteiger partial charge in [-0.15, -0.1) is 5.10 Å². The standard InChI is InChI=1S/C23H27N7O4/c1-31-17-11-15(12-18(32-2)21(17)33-3)14-28-6-8-29(9-7-28)19-13-20-25-22(16-5-4-10-34-16)27-30(20)23(24)26-19/h4-5,10-13H,6-9,14H2,1-3H3,(H2,24,26). The number of methoxy groups -OCH3 is 3. The number of nitrogens with two attached hydrogens (primary N) is 1. The van der Waals surface area contributed by atoms with E-state index in [9.17, 15) is 0 Å². The minimum absolute atomic E-state index is 0.289. The molecule has 1 aliphatic rings. The summed E-state index contributed by atoms with van der Waals surface area (Å²) in [6, 6.07) is 9.50. The fraction of sp³-hybridized carbons (Fsp3) is 0.348. The van der Waals surface area contributed by atoms with Gasteiger partial charge in [-0.05, 0) is 29.8 Å². The highest BCUT2D eigenvalue weighted by atomic mass is 16.5. The molecule has 11 nitrogen and oxygen atoms in total. The molecular weight excluding hydrogens is 438 g/mol. The van der Waals surface area contributed by atoms with Gasteiger partial charge in [0.05, 0.1) is 27.6 Å². The molecule has 0 bridgehead atoms. The Balaban J connectivity index is 1.29. The van der Waals surface area contributed by atoms with E-state index in [0.717, 1.165) is 44.1 Å². The van der Waals surface area contributed by atoms with E-state index in [1.807, 2.05) is 24.3 Å². The molecule has 1 aliphatic heterocycles. The summed E-state index contributed by atoms with van der Waals surface area (Å²) >= 11 is 0. The molecule has 3 aromatic heterocycles. The van der Waals surface area contributed by atoms with Gasteiger partial charge in [-0.1, -0.05) is 0 Å². The maximum absolute atomic E-state index is 6.19. The Kier molecular flexibility index (Phi) is 5.84. The van der Waals surface area contributed by atoms with Crippen molar-refractivity contribution in [2.24, 2.45) is 0 Å². The predicted octanol–water partition coefficient (Wildman–Crippen LogP) is 2.31. The van der Waals surface area contributed by atoms with Crippen molar-refractivity contribution >= 4 is 17.4 Å². The molecule has 4 aromatic rings. The number of rotatable bonds is 7. The Morgan fingerprint density at radius 2 is 1.71 bits per heavy atom. The van der Waals surface area contributed by atoms with Crippen LogP contribution < -0.4 is 24.8 Å². The van der Waals surface area contributed by atoms with Gasteiger partial charge in [-0.25, -0.2) is 4.98 Å². The second kappa shape index (κ2) is 9.10. The highest BCUT2D eigenvalue weighted by Crippen LogP contribution is 2.38. The second-order valence-electron chi connectivity index (χ2n) is 7.95. The summed E-state index contributed by atoms with van der Waals surface area (Å²) in [5, 5.41) is 4.41. The average Bonchev–Trinajstić information content (AvgIpc) is 3.54. The van der Waals surface area contributed by atoms with Crippen molar-refractivity contribution in [1.82, 2.24) is 24.5 Å². The lowest BCUT2D eigenvalue weighted by Gasteiger charge is -2.35. The summed E-state index contributed by atoms with van der Waals surface area (Å²) < 4.78 is 23.3. The largest absolute Gasteiger partial charge is 0.493 e.